The van der Waals surface area contributed by atoms with E-state index in [1.165, 1.54) is 76.7 Å². The molecule has 1 aliphatic rings. The molecule has 11 aromatic carbocycles. The maximum Gasteiger partial charge on any atom is 0.164 e. The largest absolute Gasteiger partial charge is 0.309 e. The monoisotopic (exact) mass is 863 g/mol. The normalized spacial score (nSPS) is 12.1. The van der Waals surface area contributed by atoms with Crippen molar-refractivity contribution in [1.82, 2.24) is 24.1 Å². The van der Waals surface area contributed by atoms with Crippen molar-refractivity contribution < 1.29 is 0 Å². The van der Waals surface area contributed by atoms with Crippen LogP contribution in [0.25, 0.3) is 144 Å². The lowest BCUT2D eigenvalue weighted by atomic mass is 9.91. The van der Waals surface area contributed by atoms with Gasteiger partial charge < -0.3 is 9.13 Å². The maximum atomic E-state index is 5.32. The van der Waals surface area contributed by atoms with Gasteiger partial charge in [-0.05, 0) is 104 Å². The third-order valence-electron chi connectivity index (χ3n) is 14.3. The lowest BCUT2D eigenvalue weighted by Gasteiger charge is -2.14. The average molecular weight is 864 g/mol. The van der Waals surface area contributed by atoms with Crippen molar-refractivity contribution in [1.29, 1.82) is 0 Å². The second kappa shape index (κ2) is 14.2. The summed E-state index contributed by atoms with van der Waals surface area (Å²) in [4.78, 5) is 15.8. The second-order valence-electron chi connectivity index (χ2n) is 17.9. The second-order valence-corrected chi connectivity index (χ2v) is 17.9. The molecule has 0 fully saturated rings. The Bertz CT molecular complexity index is 4440. The summed E-state index contributed by atoms with van der Waals surface area (Å²) in [7, 11) is 0. The Balaban J connectivity index is 0.963. The first-order valence-corrected chi connectivity index (χ1v) is 23.2. The first-order chi connectivity index (χ1) is 33.7. The molecule has 0 amide bonds. The number of rotatable bonds is 4. The van der Waals surface area contributed by atoms with Crippen LogP contribution in [0, 0.1) is 0 Å². The molecule has 3 aromatic heterocycles. The van der Waals surface area contributed by atoms with E-state index < -0.39 is 0 Å². The van der Waals surface area contributed by atoms with Crippen LogP contribution in [-0.4, -0.2) is 24.1 Å². The topological polar surface area (TPSA) is 48.5 Å². The molecule has 0 atom stereocenters. The summed E-state index contributed by atoms with van der Waals surface area (Å²) < 4.78 is 4.95. The van der Waals surface area contributed by atoms with E-state index in [-0.39, 0.29) is 0 Å². The zero-order valence-corrected chi connectivity index (χ0v) is 36.6. The van der Waals surface area contributed by atoms with E-state index in [1.807, 2.05) is 0 Å². The molecule has 0 spiro atoms. The van der Waals surface area contributed by atoms with Crippen molar-refractivity contribution in [2.45, 2.75) is 0 Å². The van der Waals surface area contributed by atoms with Crippen molar-refractivity contribution in [2.75, 3.05) is 0 Å². The molecule has 0 bridgehead atoms. The van der Waals surface area contributed by atoms with Gasteiger partial charge in [0.1, 0.15) is 0 Å². The maximum absolute atomic E-state index is 5.32. The van der Waals surface area contributed by atoms with Crippen LogP contribution < -0.4 is 0 Å². The fraction of sp³-hybridized carbons (Fsp3) is 0. The van der Waals surface area contributed by atoms with Gasteiger partial charge in [-0.3, -0.25) is 0 Å². The van der Waals surface area contributed by atoms with E-state index in [9.17, 15) is 0 Å². The number of nitrogens with zero attached hydrogens (tertiary/aromatic N) is 5. The zero-order chi connectivity index (χ0) is 44.5. The number of para-hydroxylation sites is 3. The molecule has 314 valence electrons. The van der Waals surface area contributed by atoms with Gasteiger partial charge >= 0.3 is 0 Å². The average Bonchev–Trinajstić information content (AvgIpc) is 3.88. The van der Waals surface area contributed by atoms with Crippen LogP contribution >= 0.6 is 0 Å². The van der Waals surface area contributed by atoms with Crippen LogP contribution in [0.15, 0.2) is 224 Å². The third kappa shape index (κ3) is 5.29. The molecular formula is C63H37N5. The Morgan fingerprint density at radius 3 is 1.68 bits per heavy atom. The zero-order valence-electron chi connectivity index (χ0n) is 36.6. The highest BCUT2D eigenvalue weighted by Gasteiger charge is 2.29. The van der Waals surface area contributed by atoms with Gasteiger partial charge in [0.25, 0.3) is 0 Å². The molecular weight excluding hydrogens is 827 g/mol. The highest BCUT2D eigenvalue weighted by atomic mass is 15.0. The van der Waals surface area contributed by atoms with Gasteiger partial charge in [-0.15, -0.1) is 0 Å². The molecule has 5 nitrogen and oxygen atoms in total. The molecule has 5 heteroatoms. The van der Waals surface area contributed by atoms with Gasteiger partial charge in [-0.2, -0.15) is 0 Å². The summed E-state index contributed by atoms with van der Waals surface area (Å²) >= 11 is 0. The van der Waals surface area contributed by atoms with E-state index in [4.69, 9.17) is 15.0 Å². The first-order valence-electron chi connectivity index (χ1n) is 23.2. The van der Waals surface area contributed by atoms with Crippen molar-refractivity contribution in [3.8, 4) is 67.8 Å². The number of hydrogen-bond donors (Lipinski definition) is 0. The van der Waals surface area contributed by atoms with E-state index in [0.717, 1.165) is 49.6 Å². The minimum atomic E-state index is 0.621. The Kier molecular flexibility index (Phi) is 7.72. The third-order valence-corrected chi connectivity index (χ3v) is 14.3. The van der Waals surface area contributed by atoms with Crippen LogP contribution in [0.2, 0.25) is 0 Å². The van der Waals surface area contributed by atoms with Crippen LogP contribution in [0.4, 0.5) is 0 Å². The number of aromatic nitrogens is 5. The van der Waals surface area contributed by atoms with Gasteiger partial charge in [0.05, 0.1) is 27.8 Å². The molecule has 14 aromatic rings. The molecule has 0 N–H and O–H groups in total. The molecule has 0 aliphatic carbocycles. The Hall–Kier alpha value is -9.19. The van der Waals surface area contributed by atoms with Crippen LogP contribution in [0.3, 0.4) is 0 Å². The summed E-state index contributed by atoms with van der Waals surface area (Å²) in [5.74, 6) is 1.90. The highest BCUT2D eigenvalue weighted by Crippen LogP contribution is 2.51. The summed E-state index contributed by atoms with van der Waals surface area (Å²) in [5, 5.41) is 11.9. The summed E-state index contributed by atoms with van der Waals surface area (Å²) in [6, 6.07) is 81.0. The van der Waals surface area contributed by atoms with Gasteiger partial charge in [-0.1, -0.05) is 164 Å². The molecule has 15 rings (SSSR count). The standard InChI is InChI=1S/C63H37N5/c1-2-16-40-35-42(30-29-38(40)15-1)62-64-61(65-63(66-62)53-36-41-17-3-4-18-44(41)45-19-5-6-20-46(45)53)39-31-33-43(34-32-39)67-56-28-14-11-25-51(56)58-57(67)37-52-49-23-10-13-27-55(49)68-54-26-12-9-22-48(54)47-21-7-8-24-50(47)59(58)60(52)68/h1-37H. The lowest BCUT2D eigenvalue weighted by Crippen LogP contribution is -2.01. The molecule has 0 radical (unpaired) electrons. The van der Waals surface area contributed by atoms with E-state index >= 15 is 0 Å². The highest BCUT2D eigenvalue weighted by molar-refractivity contribution is 6.28. The SMILES string of the molecule is c1ccc2c(c1)-c1ccccc1-n1c3ccccc3c3cc4c(c-2c31)c1ccccc1n4-c1ccc(-c2nc(-c3ccc4ccccc4c3)nc(-c3cc4ccccc4c4ccccc34)n2)cc1. The van der Waals surface area contributed by atoms with Crippen molar-refractivity contribution in [2.24, 2.45) is 0 Å². The van der Waals surface area contributed by atoms with Crippen LogP contribution in [-0.2, 0) is 0 Å². The predicted octanol–water partition coefficient (Wildman–Crippen LogP) is 16.2. The van der Waals surface area contributed by atoms with Gasteiger partial charge in [-0.25, -0.2) is 15.0 Å². The van der Waals surface area contributed by atoms with Crippen molar-refractivity contribution >= 4 is 75.9 Å². The fourth-order valence-electron chi connectivity index (χ4n) is 11.3. The van der Waals surface area contributed by atoms with Gasteiger partial charge in [0.15, 0.2) is 17.5 Å². The molecule has 1 aliphatic heterocycles. The van der Waals surface area contributed by atoms with Crippen LogP contribution in [0.5, 0.6) is 0 Å². The molecule has 68 heavy (non-hydrogen) atoms. The minimum absolute atomic E-state index is 0.621. The minimum Gasteiger partial charge on any atom is -0.309 e. The first kappa shape index (κ1) is 37.1. The fourth-order valence-corrected chi connectivity index (χ4v) is 11.3. The number of fused-ring (bicyclic) bond motifs is 16. The quantitative estimate of drug-likeness (QED) is 0.166. The molecule has 0 unspecified atom stereocenters. The molecule has 4 heterocycles. The smallest absolute Gasteiger partial charge is 0.164 e. The van der Waals surface area contributed by atoms with Gasteiger partial charge in [0.2, 0.25) is 0 Å². The lowest BCUT2D eigenvalue weighted by molar-refractivity contribution is 1.08. The Labute approximate surface area is 390 Å². The van der Waals surface area contributed by atoms with Gasteiger partial charge in [0, 0.05) is 55.0 Å². The Morgan fingerprint density at radius 2 is 0.868 bits per heavy atom. The number of hydrogen-bond acceptors (Lipinski definition) is 3. The van der Waals surface area contributed by atoms with Crippen molar-refractivity contribution in [3.63, 3.8) is 0 Å². The predicted molar refractivity (Wildman–Crippen MR) is 282 cm³/mol. The van der Waals surface area contributed by atoms with Crippen molar-refractivity contribution in [3.05, 3.63) is 224 Å². The van der Waals surface area contributed by atoms with E-state index in [0.29, 0.717) is 17.5 Å². The summed E-state index contributed by atoms with van der Waals surface area (Å²) in [6.45, 7) is 0. The summed E-state index contributed by atoms with van der Waals surface area (Å²) in [6.07, 6.45) is 0. The summed E-state index contributed by atoms with van der Waals surface area (Å²) in [5.41, 5.74) is 14.8. The van der Waals surface area contributed by atoms with E-state index in [2.05, 4.69) is 234 Å². The number of benzene rings is 11. The van der Waals surface area contributed by atoms with Crippen LogP contribution in [0.1, 0.15) is 0 Å². The Morgan fingerprint density at radius 1 is 0.294 bits per heavy atom. The van der Waals surface area contributed by atoms with E-state index in [1.54, 1.807) is 0 Å². The molecule has 0 saturated heterocycles. The molecule has 0 saturated carbocycles.